The highest BCUT2D eigenvalue weighted by Crippen LogP contribution is 2.46. The van der Waals surface area contributed by atoms with E-state index in [2.05, 4.69) is 133 Å². The number of nitrogens with zero attached hydrogens (tertiary/aromatic N) is 2. The maximum absolute atomic E-state index is 2.33. The lowest BCUT2D eigenvalue weighted by molar-refractivity contribution is -0.753. The van der Waals surface area contributed by atoms with Crippen molar-refractivity contribution in [2.24, 2.45) is 0 Å². The SMILES string of the molecule is CC1([n+]2ccccc2)c2ccccc2C(C)([n+]2ccccc2)c2ccccc21. The third-order valence-electron chi connectivity index (χ3n) is 6.42. The Morgan fingerprint density at radius 3 is 1.00 bits per heavy atom. The van der Waals surface area contributed by atoms with Crippen LogP contribution in [0.25, 0.3) is 0 Å². The van der Waals surface area contributed by atoms with E-state index in [1.807, 2.05) is 0 Å². The monoisotopic (exact) mass is 364 g/mol. The zero-order chi connectivity index (χ0) is 19.2. The zero-order valence-corrected chi connectivity index (χ0v) is 16.3. The summed E-state index contributed by atoms with van der Waals surface area (Å²) in [5, 5.41) is 0. The lowest BCUT2D eigenvalue weighted by Gasteiger charge is -2.40. The average Bonchev–Trinajstić information content (AvgIpc) is 2.79. The van der Waals surface area contributed by atoms with Crippen LogP contribution in [0.15, 0.2) is 110 Å². The summed E-state index contributed by atoms with van der Waals surface area (Å²) in [6, 6.07) is 30.3. The Bertz CT molecular complexity index is 994. The molecule has 0 fully saturated rings. The van der Waals surface area contributed by atoms with Gasteiger partial charge in [-0.15, -0.1) is 0 Å². The summed E-state index contributed by atoms with van der Waals surface area (Å²) in [5.41, 5.74) is 4.80. The highest BCUT2D eigenvalue weighted by molar-refractivity contribution is 5.55. The van der Waals surface area contributed by atoms with Gasteiger partial charge < -0.3 is 0 Å². The molecule has 0 radical (unpaired) electrons. The summed E-state index contributed by atoms with van der Waals surface area (Å²) >= 11 is 0. The number of pyridine rings is 2. The number of fused-ring (bicyclic) bond motifs is 2. The molecule has 2 heterocycles. The number of rotatable bonds is 2. The fourth-order valence-corrected chi connectivity index (χ4v) is 4.90. The first kappa shape index (κ1) is 16.9. The number of benzene rings is 2. The van der Waals surface area contributed by atoms with E-state index in [1.54, 1.807) is 0 Å². The molecular weight excluding hydrogens is 340 g/mol. The number of aromatic nitrogens is 2. The maximum atomic E-state index is 2.33. The summed E-state index contributed by atoms with van der Waals surface area (Å²) in [6.07, 6.45) is 8.69. The topological polar surface area (TPSA) is 7.76 Å². The maximum Gasteiger partial charge on any atom is 0.216 e. The third-order valence-corrected chi connectivity index (χ3v) is 6.42. The van der Waals surface area contributed by atoms with Crippen molar-refractivity contribution in [1.82, 2.24) is 0 Å². The quantitative estimate of drug-likeness (QED) is 0.471. The van der Waals surface area contributed by atoms with E-state index >= 15 is 0 Å². The van der Waals surface area contributed by atoms with Gasteiger partial charge in [-0.05, 0) is 0 Å². The molecule has 0 unspecified atom stereocenters. The smallest absolute Gasteiger partial charge is 0.191 e. The second kappa shape index (κ2) is 6.13. The van der Waals surface area contributed by atoms with E-state index in [1.165, 1.54) is 22.3 Å². The summed E-state index contributed by atoms with van der Waals surface area (Å²) in [7, 11) is 0. The van der Waals surface area contributed by atoms with Gasteiger partial charge in [0.2, 0.25) is 11.1 Å². The van der Waals surface area contributed by atoms with Gasteiger partial charge in [-0.3, -0.25) is 0 Å². The van der Waals surface area contributed by atoms with Crippen molar-refractivity contribution in [1.29, 1.82) is 0 Å². The van der Waals surface area contributed by atoms with Crippen molar-refractivity contribution < 1.29 is 9.13 Å². The molecule has 2 aromatic carbocycles. The lowest BCUT2D eigenvalue weighted by atomic mass is 9.65. The van der Waals surface area contributed by atoms with Crippen LogP contribution in [-0.2, 0) is 11.1 Å². The van der Waals surface area contributed by atoms with Crippen LogP contribution in [0.3, 0.4) is 0 Å². The molecule has 4 aromatic rings. The van der Waals surface area contributed by atoms with E-state index < -0.39 is 0 Å². The molecule has 0 N–H and O–H groups in total. The minimum atomic E-state index is -0.275. The highest BCUT2D eigenvalue weighted by atomic mass is 15.1. The van der Waals surface area contributed by atoms with Crippen LogP contribution >= 0.6 is 0 Å². The van der Waals surface area contributed by atoms with Crippen LogP contribution in [0.1, 0.15) is 36.1 Å². The molecule has 0 atom stereocenters. The minimum Gasteiger partial charge on any atom is -0.191 e. The third kappa shape index (κ3) is 2.15. The molecule has 2 heteroatoms. The van der Waals surface area contributed by atoms with Gasteiger partial charge in [-0.25, -0.2) is 0 Å². The Morgan fingerprint density at radius 2 is 0.714 bits per heavy atom. The highest BCUT2D eigenvalue weighted by Gasteiger charge is 2.55. The van der Waals surface area contributed by atoms with Crippen LogP contribution in [0.5, 0.6) is 0 Å². The van der Waals surface area contributed by atoms with Gasteiger partial charge in [0.25, 0.3) is 0 Å². The lowest BCUT2D eigenvalue weighted by Crippen LogP contribution is -2.64. The van der Waals surface area contributed by atoms with Crippen molar-refractivity contribution >= 4 is 0 Å². The van der Waals surface area contributed by atoms with E-state index in [9.17, 15) is 0 Å². The van der Waals surface area contributed by atoms with Crippen LogP contribution in [0, 0.1) is 0 Å². The first-order valence-electron chi connectivity index (χ1n) is 9.80. The largest absolute Gasteiger partial charge is 0.216 e. The predicted octanol–water partition coefficient (Wildman–Crippen LogP) is 4.20. The van der Waals surface area contributed by atoms with Crippen LogP contribution in [0.2, 0.25) is 0 Å². The van der Waals surface area contributed by atoms with Crippen LogP contribution in [-0.4, -0.2) is 0 Å². The normalized spacial score (nSPS) is 22.9. The molecule has 0 aliphatic heterocycles. The van der Waals surface area contributed by atoms with E-state index in [0.717, 1.165) is 0 Å². The Hall–Kier alpha value is -3.26. The van der Waals surface area contributed by atoms with E-state index in [-0.39, 0.29) is 11.1 Å². The second-order valence-corrected chi connectivity index (χ2v) is 7.80. The molecule has 2 aromatic heterocycles. The van der Waals surface area contributed by atoms with Gasteiger partial charge in [0.1, 0.15) is 0 Å². The van der Waals surface area contributed by atoms with Crippen molar-refractivity contribution in [3.8, 4) is 0 Å². The van der Waals surface area contributed by atoms with Gasteiger partial charge in [-0.1, -0.05) is 60.7 Å². The molecule has 0 amide bonds. The van der Waals surface area contributed by atoms with Gasteiger partial charge >= 0.3 is 0 Å². The van der Waals surface area contributed by atoms with Gasteiger partial charge in [0.05, 0.1) is 0 Å². The van der Waals surface area contributed by atoms with Crippen molar-refractivity contribution in [2.45, 2.75) is 24.9 Å². The Kier molecular flexibility index (Phi) is 3.70. The Balaban J connectivity index is 1.91. The summed E-state index contributed by atoms with van der Waals surface area (Å²) < 4.78 is 4.67. The van der Waals surface area contributed by atoms with E-state index in [4.69, 9.17) is 0 Å². The molecule has 0 bridgehead atoms. The van der Waals surface area contributed by atoms with Crippen molar-refractivity contribution in [2.75, 3.05) is 0 Å². The second-order valence-electron chi connectivity index (χ2n) is 7.80. The fraction of sp³-hybridized carbons (Fsp3) is 0.154. The molecule has 0 saturated heterocycles. The summed E-state index contributed by atoms with van der Waals surface area (Å²) in [4.78, 5) is 0. The molecule has 0 saturated carbocycles. The molecule has 1 aliphatic rings. The molecule has 136 valence electrons. The fourth-order valence-electron chi connectivity index (χ4n) is 4.90. The minimum absolute atomic E-state index is 0.275. The first-order valence-corrected chi connectivity index (χ1v) is 9.80. The molecular formula is C26H24N2+2. The standard InChI is InChI=1S/C26H24N2/c1-25(27-17-9-3-10-18-27)21-13-5-7-15-23(21)26(2,28-19-11-4-12-20-28)24-16-8-6-14-22(24)25/h3-20H,1-2H3/q+2. The Morgan fingerprint density at radius 1 is 0.429 bits per heavy atom. The van der Waals surface area contributed by atoms with Crippen molar-refractivity contribution in [3.05, 3.63) is 132 Å². The summed E-state index contributed by atoms with van der Waals surface area (Å²) in [5.74, 6) is 0. The number of hydrogen-bond donors (Lipinski definition) is 0. The molecule has 2 nitrogen and oxygen atoms in total. The van der Waals surface area contributed by atoms with Gasteiger partial charge in [0, 0.05) is 60.4 Å². The zero-order valence-electron chi connectivity index (χ0n) is 16.3. The number of hydrogen-bond acceptors (Lipinski definition) is 0. The van der Waals surface area contributed by atoms with Crippen LogP contribution in [0.4, 0.5) is 0 Å². The Labute approximate surface area is 166 Å². The van der Waals surface area contributed by atoms with Crippen LogP contribution < -0.4 is 9.13 Å². The molecule has 5 rings (SSSR count). The predicted molar refractivity (Wildman–Crippen MR) is 110 cm³/mol. The average molecular weight is 364 g/mol. The van der Waals surface area contributed by atoms with E-state index in [0.29, 0.717) is 0 Å². The molecule has 1 aliphatic carbocycles. The van der Waals surface area contributed by atoms with Gasteiger partial charge in [0.15, 0.2) is 24.8 Å². The summed E-state index contributed by atoms with van der Waals surface area (Å²) in [6.45, 7) is 4.67. The van der Waals surface area contributed by atoms with Crippen molar-refractivity contribution in [3.63, 3.8) is 0 Å². The molecule has 28 heavy (non-hydrogen) atoms. The first-order chi connectivity index (χ1) is 13.7. The van der Waals surface area contributed by atoms with Gasteiger partial charge in [-0.2, -0.15) is 9.13 Å². The molecule has 0 spiro atoms.